The number of likely N-dealkylation sites (N-methyl/N-ethyl adjacent to an activating group) is 1. The monoisotopic (exact) mass is 326 g/mol. The average Bonchev–Trinajstić information content (AvgIpc) is 2.92. The topological polar surface area (TPSA) is 3.01 Å². The number of benzene rings is 2. The normalized spacial score (nSPS) is 30.4. The lowest BCUT2D eigenvalue weighted by Crippen LogP contribution is -2.47. The molecule has 2 spiro atoms. The van der Waals surface area contributed by atoms with E-state index < -0.39 is 0 Å². The second-order valence-corrected chi connectivity index (χ2v) is 8.37. The summed E-state index contributed by atoms with van der Waals surface area (Å²) in [4.78, 5) is 0. The fourth-order valence-corrected chi connectivity index (χ4v) is 6.43. The summed E-state index contributed by atoms with van der Waals surface area (Å²) in [6.45, 7) is 0. The van der Waals surface area contributed by atoms with Crippen LogP contribution in [0.15, 0.2) is 60.2 Å². The minimum Gasteiger partial charge on any atom is -0.231 e. The summed E-state index contributed by atoms with van der Waals surface area (Å²) < 4.78 is 2.60. The molecule has 1 aliphatic heterocycles. The van der Waals surface area contributed by atoms with Gasteiger partial charge in [0.1, 0.15) is 12.5 Å². The Morgan fingerprint density at radius 3 is 2.08 bits per heavy atom. The van der Waals surface area contributed by atoms with Crippen LogP contribution < -0.4 is 0 Å². The zero-order valence-electron chi connectivity index (χ0n) is 14.8. The highest BCUT2D eigenvalue weighted by Crippen LogP contribution is 2.61. The van der Waals surface area contributed by atoms with Crippen LogP contribution in [0.4, 0.5) is 0 Å². The molecular weight excluding hydrogens is 302 g/mol. The summed E-state index contributed by atoms with van der Waals surface area (Å²) in [6.07, 6.45) is 12.0. The number of hydrogen-bond donors (Lipinski definition) is 0. The third-order valence-electron chi connectivity index (χ3n) is 7.44. The molecule has 0 aromatic heterocycles. The first kappa shape index (κ1) is 14.1. The first-order valence-corrected chi connectivity index (χ1v) is 9.78. The molecule has 0 atom stereocenters. The third kappa shape index (κ3) is 1.46. The molecular formula is C24H24N+. The number of rotatable bonds is 0. The van der Waals surface area contributed by atoms with Crippen molar-refractivity contribution in [2.75, 3.05) is 7.05 Å². The molecule has 2 bridgehead atoms. The quantitative estimate of drug-likeness (QED) is 0.484. The van der Waals surface area contributed by atoms with Crippen LogP contribution >= 0.6 is 0 Å². The van der Waals surface area contributed by atoms with E-state index >= 15 is 0 Å². The van der Waals surface area contributed by atoms with Crippen molar-refractivity contribution in [1.82, 2.24) is 0 Å². The van der Waals surface area contributed by atoms with E-state index in [-0.39, 0.29) is 11.0 Å². The predicted molar refractivity (Wildman–Crippen MR) is 102 cm³/mol. The van der Waals surface area contributed by atoms with Crippen molar-refractivity contribution in [3.63, 3.8) is 0 Å². The van der Waals surface area contributed by atoms with Crippen molar-refractivity contribution < 1.29 is 4.58 Å². The molecule has 1 fully saturated rings. The molecule has 7 rings (SSSR count). The molecule has 0 saturated heterocycles. The lowest BCUT2D eigenvalue weighted by Gasteiger charge is -2.46. The number of nitrogens with zero attached hydrogens (tertiary/aromatic N) is 1. The van der Waals surface area contributed by atoms with Crippen molar-refractivity contribution in [2.24, 2.45) is 0 Å². The number of allylic oxidation sites excluding steroid dienone is 1. The Morgan fingerprint density at radius 2 is 1.44 bits per heavy atom. The largest absolute Gasteiger partial charge is 0.231 e. The van der Waals surface area contributed by atoms with E-state index in [0.29, 0.717) is 5.92 Å². The third-order valence-corrected chi connectivity index (χ3v) is 7.44. The van der Waals surface area contributed by atoms with Gasteiger partial charge < -0.3 is 0 Å². The Bertz CT molecular complexity index is 908. The molecule has 0 N–H and O–H groups in total. The lowest BCUT2D eigenvalue weighted by atomic mass is 9.53. The van der Waals surface area contributed by atoms with Crippen LogP contribution in [0.5, 0.6) is 0 Å². The molecule has 1 nitrogen and oxygen atoms in total. The van der Waals surface area contributed by atoms with E-state index in [1.54, 1.807) is 5.57 Å². The molecule has 0 unspecified atom stereocenters. The molecule has 1 heteroatoms. The van der Waals surface area contributed by atoms with Crippen LogP contribution in [0.25, 0.3) is 0 Å². The van der Waals surface area contributed by atoms with E-state index in [1.165, 1.54) is 54.4 Å². The Morgan fingerprint density at radius 1 is 0.840 bits per heavy atom. The fraction of sp³-hybridized carbons (Fsp3) is 0.375. The maximum Gasteiger partial charge on any atom is 0.184 e. The summed E-state index contributed by atoms with van der Waals surface area (Å²) >= 11 is 0. The van der Waals surface area contributed by atoms with E-state index in [2.05, 4.69) is 72.4 Å². The minimum atomic E-state index is -0.0337. The van der Waals surface area contributed by atoms with Gasteiger partial charge in [0.15, 0.2) is 11.8 Å². The molecule has 5 aliphatic rings. The van der Waals surface area contributed by atoms with Crippen molar-refractivity contribution in [3.8, 4) is 0 Å². The fourth-order valence-electron chi connectivity index (χ4n) is 6.43. The van der Waals surface area contributed by atoms with Gasteiger partial charge in [0, 0.05) is 24.3 Å². The highest BCUT2D eigenvalue weighted by molar-refractivity contribution is 5.90. The van der Waals surface area contributed by atoms with E-state index in [0.717, 1.165) is 0 Å². The Kier molecular flexibility index (Phi) is 2.54. The van der Waals surface area contributed by atoms with Crippen LogP contribution in [0.2, 0.25) is 0 Å². The summed E-state index contributed by atoms with van der Waals surface area (Å²) in [7, 11) is 2.33. The summed E-state index contributed by atoms with van der Waals surface area (Å²) in [6, 6.07) is 18.4. The van der Waals surface area contributed by atoms with Gasteiger partial charge in [-0.2, -0.15) is 0 Å². The van der Waals surface area contributed by atoms with Crippen molar-refractivity contribution in [3.05, 3.63) is 82.4 Å². The maximum atomic E-state index is 2.65. The zero-order chi connectivity index (χ0) is 16.6. The van der Waals surface area contributed by atoms with Gasteiger partial charge in [0.05, 0.1) is 0 Å². The van der Waals surface area contributed by atoms with Gasteiger partial charge in [-0.25, -0.2) is 4.58 Å². The van der Waals surface area contributed by atoms with Crippen LogP contribution in [-0.2, 0) is 5.41 Å². The zero-order valence-corrected chi connectivity index (χ0v) is 14.8. The minimum absolute atomic E-state index is 0.0337. The highest BCUT2D eigenvalue weighted by Gasteiger charge is 2.64. The predicted octanol–water partition coefficient (Wildman–Crippen LogP) is 4.79. The van der Waals surface area contributed by atoms with Gasteiger partial charge in [0.2, 0.25) is 0 Å². The SMILES string of the molecule is C[N+]1=CC23C(=CC(c4ccccc42)c2ccccc23)C12CCCCC2. The number of hydrogen-bond acceptors (Lipinski definition) is 0. The van der Waals surface area contributed by atoms with Gasteiger partial charge in [0.25, 0.3) is 0 Å². The van der Waals surface area contributed by atoms with Gasteiger partial charge >= 0.3 is 0 Å². The molecule has 124 valence electrons. The average molecular weight is 326 g/mol. The molecule has 0 radical (unpaired) electrons. The Labute approximate surface area is 149 Å². The summed E-state index contributed by atoms with van der Waals surface area (Å²) in [5.74, 6) is 0.433. The molecule has 2 aromatic rings. The van der Waals surface area contributed by atoms with E-state index in [4.69, 9.17) is 0 Å². The molecule has 4 aliphatic carbocycles. The van der Waals surface area contributed by atoms with Crippen molar-refractivity contribution in [2.45, 2.75) is 49.0 Å². The first-order valence-electron chi connectivity index (χ1n) is 9.78. The van der Waals surface area contributed by atoms with Crippen LogP contribution in [-0.4, -0.2) is 23.4 Å². The summed E-state index contributed by atoms with van der Waals surface area (Å²) in [5.41, 5.74) is 8.00. The molecule has 2 aromatic carbocycles. The van der Waals surface area contributed by atoms with E-state index in [9.17, 15) is 0 Å². The second kappa shape index (κ2) is 4.52. The Hall–Kier alpha value is -2.15. The molecule has 1 heterocycles. The maximum absolute atomic E-state index is 2.65. The van der Waals surface area contributed by atoms with Crippen molar-refractivity contribution in [1.29, 1.82) is 0 Å². The van der Waals surface area contributed by atoms with Gasteiger partial charge in [-0.1, -0.05) is 61.0 Å². The lowest BCUT2D eigenvalue weighted by molar-refractivity contribution is -0.566. The van der Waals surface area contributed by atoms with Gasteiger partial charge in [-0.05, 0) is 35.1 Å². The van der Waals surface area contributed by atoms with Crippen molar-refractivity contribution >= 4 is 6.21 Å². The van der Waals surface area contributed by atoms with Gasteiger partial charge in [-0.3, -0.25) is 0 Å². The molecule has 25 heavy (non-hydrogen) atoms. The van der Waals surface area contributed by atoms with Gasteiger partial charge in [-0.15, -0.1) is 0 Å². The van der Waals surface area contributed by atoms with Crippen LogP contribution in [0.1, 0.15) is 60.3 Å². The molecule has 1 saturated carbocycles. The highest BCUT2D eigenvalue weighted by atomic mass is 15.1. The van der Waals surface area contributed by atoms with Crippen LogP contribution in [0.3, 0.4) is 0 Å². The standard InChI is InChI=1S/C24H24N/c1-25-16-24-20-11-5-3-9-17(20)19(18-10-4-6-12-21(18)24)15-22(24)23(25)13-7-2-8-14-23/h3-6,9-12,15-16,19H,2,7-8,13-14H2,1H3/q+1. The molecule has 0 amide bonds. The Balaban J connectivity index is 1.72. The second-order valence-electron chi connectivity index (χ2n) is 8.37. The smallest absolute Gasteiger partial charge is 0.184 e. The van der Waals surface area contributed by atoms with Crippen LogP contribution in [0, 0.1) is 0 Å². The first-order chi connectivity index (χ1) is 12.3. The van der Waals surface area contributed by atoms with E-state index in [1.807, 2.05) is 0 Å². The summed E-state index contributed by atoms with van der Waals surface area (Å²) in [5, 5.41) is 0.